The van der Waals surface area contributed by atoms with Crippen LogP contribution in [0.25, 0.3) is 0 Å². The van der Waals surface area contributed by atoms with E-state index in [9.17, 15) is 53.5 Å². The first-order valence-corrected chi connectivity index (χ1v) is 14.3. The van der Waals surface area contributed by atoms with Crippen molar-refractivity contribution in [3.05, 3.63) is 26.0 Å². The van der Waals surface area contributed by atoms with Crippen molar-refractivity contribution in [2.24, 2.45) is 0 Å². The number of carbonyl (C=O) groups is 3. The normalized spacial score (nSPS) is 11.2. The van der Waals surface area contributed by atoms with E-state index in [1.54, 1.807) is 28.2 Å². The summed E-state index contributed by atoms with van der Waals surface area (Å²) in [4.78, 5) is 58.4. The summed E-state index contributed by atoms with van der Waals surface area (Å²) < 4.78 is 78.3. The van der Waals surface area contributed by atoms with Crippen LogP contribution in [0.1, 0.15) is 72.8 Å². The molecule has 45 heavy (non-hydrogen) atoms. The van der Waals surface area contributed by atoms with Crippen LogP contribution >= 0.6 is 7.81 Å². The molecular formula is C25H47F7N4NaO7P. The van der Waals surface area contributed by atoms with Gasteiger partial charge in [-0.25, -0.2) is 9.48 Å². The number of Topliss-reactive ketones (excluding diaryl/α,β-unsaturated/α-hetero) is 1. The molecule has 0 fully saturated rings. The number of hydrogen-bond acceptors (Lipinski definition) is 7. The van der Waals surface area contributed by atoms with Crippen LogP contribution in [0.15, 0.2) is 9.59 Å². The van der Waals surface area contributed by atoms with Gasteiger partial charge < -0.3 is 20.8 Å². The second-order valence-corrected chi connectivity index (χ2v) is 11.0. The molecule has 3 N–H and O–H groups in total. The van der Waals surface area contributed by atoms with Gasteiger partial charge in [-0.2, -0.15) is 0 Å². The monoisotopic (exact) mass is 702 g/mol. The van der Waals surface area contributed by atoms with E-state index in [0.29, 0.717) is 25.9 Å². The Morgan fingerprint density at radius 1 is 0.889 bits per heavy atom. The van der Waals surface area contributed by atoms with Gasteiger partial charge >= 0.3 is 68.6 Å². The Hall–Kier alpha value is -2.14. The molecule has 1 aromatic carbocycles. The molecule has 0 spiro atoms. The molecule has 2 amide bonds. The molecule has 0 heterocycles. The minimum Gasteiger partial charge on any atom is -0.870 e. The summed E-state index contributed by atoms with van der Waals surface area (Å²) >= 11 is 0. The molecule has 20 heteroatoms. The van der Waals surface area contributed by atoms with E-state index in [2.05, 4.69) is 10.6 Å². The largest absolute Gasteiger partial charge is 1.00 e. The van der Waals surface area contributed by atoms with Gasteiger partial charge in [0.1, 0.15) is 0 Å². The third kappa shape index (κ3) is 34.6. The fourth-order valence-electron chi connectivity index (χ4n) is 2.64. The van der Waals surface area contributed by atoms with Crippen molar-refractivity contribution >= 4 is 31.5 Å². The number of unbranched alkanes of at least 4 members (excludes halogenated alkanes) is 2. The second kappa shape index (κ2) is 23.2. The van der Waals surface area contributed by atoms with Crippen LogP contribution in [0.2, 0.25) is 0 Å². The molecule has 0 bridgehead atoms. The number of nitrogens with zero attached hydrogens (tertiary/aromatic N) is 2. The Labute approximate surface area is 281 Å². The summed E-state index contributed by atoms with van der Waals surface area (Å²) in [6.45, 7) is 3.68. The number of halogens is 7. The van der Waals surface area contributed by atoms with Crippen molar-refractivity contribution in [1.82, 2.24) is 15.5 Å². The average molecular weight is 703 g/mol. The number of hydrogen-bond donors (Lipinski definition) is 2. The smallest absolute Gasteiger partial charge is 0.870 e. The van der Waals surface area contributed by atoms with E-state index in [4.69, 9.17) is 4.74 Å². The Bertz CT molecular complexity index is 1130. The molecule has 0 aliphatic heterocycles. The number of nitrogens with one attached hydrogen (secondary N) is 2. The number of amides is 2. The molecule has 0 saturated carbocycles. The molecule has 11 nitrogen and oxygen atoms in total. The number of rotatable bonds is 13. The van der Waals surface area contributed by atoms with E-state index in [1.165, 1.54) is 16.4 Å². The van der Waals surface area contributed by atoms with E-state index in [-0.39, 0.29) is 104 Å². The van der Waals surface area contributed by atoms with Crippen molar-refractivity contribution < 1.29 is 88.3 Å². The molecular weight excluding hydrogens is 655 g/mol. The number of ketones is 1. The van der Waals surface area contributed by atoms with Gasteiger partial charge in [0.2, 0.25) is 17.2 Å². The molecule has 0 aliphatic rings. The predicted molar refractivity (Wildman–Crippen MR) is 157 cm³/mol. The molecule has 264 valence electrons. The number of ether oxygens (including phenoxy) is 1. The molecule has 0 saturated heterocycles. The number of carbonyl (C=O) groups excluding carboxylic acids is 3. The summed E-state index contributed by atoms with van der Waals surface area (Å²) in [5.74, 6) is -0.536. The van der Waals surface area contributed by atoms with Crippen LogP contribution in [0, 0.1) is 0 Å². The molecule has 1 aromatic rings. The maximum Gasteiger partial charge on any atom is 1.00 e. The minimum atomic E-state index is -10.7. The second-order valence-electron chi connectivity index (χ2n) is 9.12. The standard InChI is InChI=1S/C18H26N2O6.C5H12FN2.2CH4.F6P.Na.H2O/c1-3-4-9-26-18-14(16(24)17(18)25)11-20-15(23)8-6-5-7-13(22)10-19-12(2)21;1-7(2)5(6)8(3)4;;;1-7(2,3,4,5)6;;/h3-11H2,1-2H3,(H,19,21)(H,20,23);1-4H3;2*1H4;;;1H2/q;+1;;;-1;+1;/p-1. The van der Waals surface area contributed by atoms with Gasteiger partial charge in [0, 0.05) is 19.8 Å². The van der Waals surface area contributed by atoms with E-state index >= 15 is 0 Å². The van der Waals surface area contributed by atoms with Gasteiger partial charge in [-0.05, 0) is 19.3 Å². The molecule has 0 atom stereocenters. The fourth-order valence-corrected chi connectivity index (χ4v) is 2.64. The molecule has 0 aromatic heterocycles. The van der Waals surface area contributed by atoms with Crippen molar-refractivity contribution in [3.63, 3.8) is 0 Å². The first-order valence-electron chi connectivity index (χ1n) is 12.3. The summed E-state index contributed by atoms with van der Waals surface area (Å²) in [5.41, 5.74) is -1.03. The molecule has 1 rings (SSSR count). The topological polar surface area (TPSA) is 155 Å². The van der Waals surface area contributed by atoms with Gasteiger partial charge in [0.05, 0.1) is 53.5 Å². The quantitative estimate of drug-likeness (QED) is 0.0364. The Balaban J connectivity index is -0.000000167. The van der Waals surface area contributed by atoms with Crippen molar-refractivity contribution in [2.45, 2.75) is 73.8 Å². The minimum absolute atomic E-state index is 0. The Morgan fingerprint density at radius 2 is 1.36 bits per heavy atom. The van der Waals surface area contributed by atoms with Crippen LogP contribution in [0.3, 0.4) is 0 Å². The maximum atomic E-state index is 12.4. The van der Waals surface area contributed by atoms with Gasteiger partial charge in [-0.15, -0.1) is 4.39 Å². The maximum absolute atomic E-state index is 12.4. The van der Waals surface area contributed by atoms with Crippen LogP contribution in [0.5, 0.6) is 5.75 Å². The van der Waals surface area contributed by atoms with Gasteiger partial charge in [0.15, 0.2) is 11.5 Å². The SMILES string of the molecule is C.C.CCCCOc1c(CNC(=O)CCCCC(=O)CNC(C)=O)c(=O)c1=O.CN(C)C(F)=[N+](C)C.F[P-](F)(F)(F)(F)F.[Na+].[OH-]. The first-order chi connectivity index (χ1) is 18.4. The van der Waals surface area contributed by atoms with Crippen molar-refractivity contribution in [2.75, 3.05) is 41.3 Å². The fraction of sp³-hybridized carbons (Fsp3) is 0.680. The average Bonchev–Trinajstić information content (AvgIpc) is 2.81. The summed E-state index contributed by atoms with van der Waals surface area (Å²) in [7, 11) is -4.01. The Morgan fingerprint density at radius 3 is 1.73 bits per heavy atom. The zero-order valence-corrected chi connectivity index (χ0v) is 28.1. The van der Waals surface area contributed by atoms with Gasteiger partial charge in [0.25, 0.3) is 5.43 Å². The third-order valence-electron chi connectivity index (χ3n) is 4.55. The van der Waals surface area contributed by atoms with Crippen LogP contribution in [-0.4, -0.2) is 80.0 Å². The summed E-state index contributed by atoms with van der Waals surface area (Å²) in [5, 5.41) is 5.02. The summed E-state index contributed by atoms with van der Waals surface area (Å²) in [6, 6.07) is 0. The van der Waals surface area contributed by atoms with Crippen molar-refractivity contribution in [3.8, 4) is 5.75 Å². The van der Waals surface area contributed by atoms with Gasteiger partial charge in [-0.3, -0.25) is 24.0 Å². The molecule has 0 aliphatic carbocycles. The van der Waals surface area contributed by atoms with Crippen LogP contribution in [-0.2, 0) is 20.9 Å². The van der Waals surface area contributed by atoms with E-state index < -0.39 is 18.7 Å². The zero-order valence-electron chi connectivity index (χ0n) is 25.2. The van der Waals surface area contributed by atoms with Crippen LogP contribution in [0.4, 0.5) is 29.6 Å². The van der Waals surface area contributed by atoms with E-state index in [0.717, 1.165) is 12.8 Å². The van der Waals surface area contributed by atoms with Crippen LogP contribution < -0.4 is 55.8 Å². The Kier molecular flexibility index (Phi) is 28.5. The van der Waals surface area contributed by atoms with E-state index in [1.807, 2.05) is 6.92 Å². The molecule has 0 unspecified atom stereocenters. The summed E-state index contributed by atoms with van der Waals surface area (Å²) in [6.07, 6.45) is 3.03. The predicted octanol–water partition coefficient (Wildman–Crippen LogP) is 1.97. The van der Waals surface area contributed by atoms with Crippen molar-refractivity contribution in [1.29, 1.82) is 0 Å². The third-order valence-corrected chi connectivity index (χ3v) is 4.55. The number of amidine groups is 1. The van der Waals surface area contributed by atoms with Gasteiger partial charge in [-0.1, -0.05) is 28.2 Å². The zero-order chi connectivity index (χ0) is 32.7. The molecule has 0 radical (unpaired) electrons. The first kappa shape index (κ1) is 55.3.